The average molecular weight is 429 g/mol. The zero-order chi connectivity index (χ0) is 21.1. The van der Waals surface area contributed by atoms with Crippen LogP contribution in [0, 0.1) is 6.92 Å². The number of aryl methyl sites for hydroxylation is 2. The van der Waals surface area contributed by atoms with E-state index in [2.05, 4.69) is 21.3 Å². The molecule has 1 amide bonds. The molecule has 0 saturated carbocycles. The molecule has 0 unspecified atom stereocenters. The number of carbonyl (C=O) groups is 1. The number of halogens is 1. The highest BCUT2D eigenvalue weighted by atomic mass is 35.5. The van der Waals surface area contributed by atoms with E-state index < -0.39 is 0 Å². The Morgan fingerprint density at radius 2 is 1.87 bits per heavy atom. The minimum absolute atomic E-state index is 0.0237. The van der Waals surface area contributed by atoms with E-state index in [1.807, 2.05) is 23.6 Å². The van der Waals surface area contributed by atoms with Crippen LogP contribution in [0.15, 0.2) is 42.7 Å². The Kier molecular flexibility index (Phi) is 6.06. The molecule has 1 aliphatic rings. The van der Waals surface area contributed by atoms with E-state index in [0.717, 1.165) is 25.3 Å². The molecule has 0 radical (unpaired) electrons. The predicted octanol–water partition coefficient (Wildman–Crippen LogP) is 2.57. The molecule has 30 heavy (non-hydrogen) atoms. The number of rotatable bonds is 6. The summed E-state index contributed by atoms with van der Waals surface area (Å²) in [5, 5.41) is 9.30. The van der Waals surface area contributed by atoms with Crippen LogP contribution in [0.1, 0.15) is 21.7 Å². The van der Waals surface area contributed by atoms with E-state index in [9.17, 15) is 4.79 Å². The third-order valence-corrected chi connectivity index (χ3v) is 5.52. The molecule has 1 aliphatic heterocycles. The largest absolute Gasteiger partial charge is 0.471 e. The topological polar surface area (TPSA) is 68.4 Å². The first kappa shape index (κ1) is 20.4. The Balaban J connectivity index is 1.33. The van der Waals surface area contributed by atoms with Gasteiger partial charge in [0.05, 0.1) is 5.69 Å². The summed E-state index contributed by atoms with van der Waals surface area (Å²) in [6, 6.07) is 8.84. The van der Waals surface area contributed by atoms with Gasteiger partial charge < -0.3 is 9.64 Å². The Morgan fingerprint density at radius 1 is 1.13 bits per heavy atom. The molecule has 158 valence electrons. The molecule has 4 rings (SSSR count). The van der Waals surface area contributed by atoms with Crippen molar-refractivity contribution in [2.45, 2.75) is 20.2 Å². The fourth-order valence-corrected chi connectivity index (χ4v) is 3.73. The summed E-state index contributed by atoms with van der Waals surface area (Å²) >= 11 is 5.90. The minimum atomic E-state index is -0.0237. The van der Waals surface area contributed by atoms with Crippen LogP contribution in [0.2, 0.25) is 5.02 Å². The van der Waals surface area contributed by atoms with Crippen LogP contribution in [-0.4, -0.2) is 61.4 Å². The number of aromatic nitrogens is 4. The van der Waals surface area contributed by atoms with Crippen molar-refractivity contribution in [1.29, 1.82) is 0 Å². The van der Waals surface area contributed by atoms with Crippen molar-refractivity contribution in [1.82, 2.24) is 29.4 Å². The molecule has 1 aromatic carbocycles. The number of hydrogen-bond acceptors (Lipinski definition) is 5. The van der Waals surface area contributed by atoms with Crippen molar-refractivity contribution in [3.8, 4) is 5.75 Å². The summed E-state index contributed by atoms with van der Waals surface area (Å²) in [5.74, 6) is 0.650. The van der Waals surface area contributed by atoms with E-state index >= 15 is 0 Å². The molecular weight excluding hydrogens is 404 g/mol. The molecule has 1 fully saturated rings. The number of nitrogens with zero attached hydrogens (tertiary/aromatic N) is 6. The molecule has 2 aromatic heterocycles. The maximum Gasteiger partial charge on any atom is 0.272 e. The first-order chi connectivity index (χ1) is 14.5. The quantitative estimate of drug-likeness (QED) is 0.603. The Hall–Kier alpha value is -2.84. The molecule has 0 atom stereocenters. The van der Waals surface area contributed by atoms with E-state index in [1.54, 1.807) is 41.2 Å². The summed E-state index contributed by atoms with van der Waals surface area (Å²) < 4.78 is 9.17. The number of piperazine rings is 1. The van der Waals surface area contributed by atoms with Gasteiger partial charge in [-0.15, -0.1) is 0 Å². The monoisotopic (exact) mass is 428 g/mol. The summed E-state index contributed by atoms with van der Waals surface area (Å²) in [4.78, 5) is 17.3. The number of amides is 1. The Labute approximate surface area is 180 Å². The number of benzene rings is 1. The molecule has 0 aliphatic carbocycles. The molecule has 9 heteroatoms. The van der Waals surface area contributed by atoms with Gasteiger partial charge in [-0.3, -0.25) is 14.4 Å². The lowest BCUT2D eigenvalue weighted by molar-refractivity contribution is 0.0607. The van der Waals surface area contributed by atoms with Crippen molar-refractivity contribution in [3.63, 3.8) is 0 Å². The van der Waals surface area contributed by atoms with Crippen LogP contribution < -0.4 is 4.74 Å². The highest BCUT2D eigenvalue weighted by Crippen LogP contribution is 2.17. The van der Waals surface area contributed by atoms with Crippen LogP contribution >= 0.6 is 11.6 Å². The molecule has 0 spiro atoms. The summed E-state index contributed by atoms with van der Waals surface area (Å²) in [5.41, 5.74) is 2.82. The van der Waals surface area contributed by atoms with Gasteiger partial charge in [0.2, 0.25) is 0 Å². The van der Waals surface area contributed by atoms with Gasteiger partial charge >= 0.3 is 0 Å². The lowest BCUT2D eigenvalue weighted by Crippen LogP contribution is -2.48. The zero-order valence-corrected chi connectivity index (χ0v) is 17.9. The van der Waals surface area contributed by atoms with E-state index in [4.69, 9.17) is 16.3 Å². The molecular formula is C21H25ClN6O2. The van der Waals surface area contributed by atoms with Crippen LogP contribution in [0.25, 0.3) is 0 Å². The second-order valence-electron chi connectivity index (χ2n) is 7.43. The van der Waals surface area contributed by atoms with Gasteiger partial charge in [-0.2, -0.15) is 10.2 Å². The van der Waals surface area contributed by atoms with Crippen LogP contribution in [0.4, 0.5) is 0 Å². The van der Waals surface area contributed by atoms with Gasteiger partial charge in [0.25, 0.3) is 5.91 Å². The average Bonchev–Trinajstić information content (AvgIpc) is 3.33. The third kappa shape index (κ3) is 4.66. The van der Waals surface area contributed by atoms with Gasteiger partial charge in [-0.05, 0) is 37.3 Å². The van der Waals surface area contributed by atoms with Crippen molar-refractivity contribution in [3.05, 3.63) is 64.7 Å². The molecule has 3 heterocycles. The fraction of sp³-hybridized carbons (Fsp3) is 0.381. The van der Waals surface area contributed by atoms with Crippen molar-refractivity contribution in [2.75, 3.05) is 26.2 Å². The predicted molar refractivity (Wildman–Crippen MR) is 113 cm³/mol. The van der Waals surface area contributed by atoms with Gasteiger partial charge in [0.1, 0.15) is 11.4 Å². The molecule has 8 nitrogen and oxygen atoms in total. The number of ether oxygens (including phenoxy) is 1. The van der Waals surface area contributed by atoms with Crippen molar-refractivity contribution >= 4 is 17.5 Å². The van der Waals surface area contributed by atoms with Crippen molar-refractivity contribution < 1.29 is 9.53 Å². The second kappa shape index (κ2) is 8.89. The highest BCUT2D eigenvalue weighted by molar-refractivity contribution is 6.30. The number of carbonyl (C=O) groups excluding carboxylic acids is 1. The van der Waals surface area contributed by atoms with Crippen LogP contribution in [0.3, 0.4) is 0 Å². The van der Waals surface area contributed by atoms with E-state index in [-0.39, 0.29) is 12.6 Å². The Morgan fingerprint density at radius 3 is 2.53 bits per heavy atom. The normalized spacial score (nSPS) is 14.8. The van der Waals surface area contributed by atoms with Gasteiger partial charge in [-0.1, -0.05) is 11.6 Å². The molecule has 0 N–H and O–H groups in total. The third-order valence-electron chi connectivity index (χ3n) is 5.27. The first-order valence-corrected chi connectivity index (χ1v) is 10.3. The van der Waals surface area contributed by atoms with Crippen LogP contribution in [-0.2, 0) is 20.3 Å². The highest BCUT2D eigenvalue weighted by Gasteiger charge is 2.25. The smallest absolute Gasteiger partial charge is 0.272 e. The van der Waals surface area contributed by atoms with Crippen molar-refractivity contribution in [2.24, 2.45) is 7.05 Å². The molecule has 1 saturated heterocycles. The fourth-order valence-electron chi connectivity index (χ4n) is 3.60. The molecule has 3 aromatic rings. The summed E-state index contributed by atoms with van der Waals surface area (Å²) in [6.07, 6.45) is 3.69. The maximum absolute atomic E-state index is 13.0. The maximum atomic E-state index is 13.0. The second-order valence-corrected chi connectivity index (χ2v) is 7.86. The Bertz CT molecular complexity index is 1000. The van der Waals surface area contributed by atoms with Crippen LogP contribution in [0.5, 0.6) is 5.75 Å². The van der Waals surface area contributed by atoms with E-state index in [0.29, 0.717) is 29.6 Å². The van der Waals surface area contributed by atoms with Gasteiger partial charge in [0, 0.05) is 62.8 Å². The molecule has 0 bridgehead atoms. The van der Waals surface area contributed by atoms with Gasteiger partial charge in [0.15, 0.2) is 6.73 Å². The van der Waals surface area contributed by atoms with Gasteiger partial charge in [-0.25, -0.2) is 4.68 Å². The SMILES string of the molecule is Cc1nn(C)cc1CN1CCN(C(=O)c2ccnn2COc2ccc(Cl)cc2)CC1. The summed E-state index contributed by atoms with van der Waals surface area (Å²) in [7, 11) is 1.94. The van der Waals surface area contributed by atoms with E-state index in [1.165, 1.54) is 5.56 Å². The lowest BCUT2D eigenvalue weighted by atomic mass is 10.2. The number of hydrogen-bond donors (Lipinski definition) is 0. The lowest BCUT2D eigenvalue weighted by Gasteiger charge is -2.34. The first-order valence-electron chi connectivity index (χ1n) is 9.90. The standard InChI is InChI=1S/C21H25ClN6O2/c1-16-17(13-25(2)24-16)14-26-9-11-27(12-10-26)21(29)20-7-8-23-28(20)15-30-19-5-3-18(22)4-6-19/h3-8,13H,9-12,14-15H2,1-2H3. The zero-order valence-electron chi connectivity index (χ0n) is 17.2. The minimum Gasteiger partial charge on any atom is -0.471 e. The summed E-state index contributed by atoms with van der Waals surface area (Å²) in [6.45, 7) is 6.07.